The molecule has 0 bridgehead atoms. The van der Waals surface area contributed by atoms with E-state index in [0.29, 0.717) is 24.4 Å². The van der Waals surface area contributed by atoms with Crippen LogP contribution in [-0.2, 0) is 13.0 Å². The zero-order chi connectivity index (χ0) is 24.9. The van der Waals surface area contributed by atoms with Crippen molar-refractivity contribution in [3.05, 3.63) is 82.9 Å². The van der Waals surface area contributed by atoms with E-state index in [2.05, 4.69) is 52.9 Å². The lowest BCUT2D eigenvalue weighted by molar-refractivity contribution is 0.175. The van der Waals surface area contributed by atoms with Gasteiger partial charge in [-0.05, 0) is 106 Å². The Labute approximate surface area is 215 Å². The van der Waals surface area contributed by atoms with Crippen molar-refractivity contribution in [2.45, 2.75) is 70.8 Å². The summed E-state index contributed by atoms with van der Waals surface area (Å²) in [5, 5.41) is 4.95. The van der Waals surface area contributed by atoms with Gasteiger partial charge in [0.1, 0.15) is 11.6 Å². The first kappa shape index (κ1) is 25.0. The van der Waals surface area contributed by atoms with Gasteiger partial charge in [0.25, 0.3) is 0 Å². The van der Waals surface area contributed by atoms with Crippen LogP contribution in [-0.4, -0.2) is 40.9 Å². The summed E-state index contributed by atoms with van der Waals surface area (Å²) < 4.78 is 21.6. The van der Waals surface area contributed by atoms with Crippen LogP contribution in [0.5, 0.6) is 5.75 Å². The third-order valence-corrected chi connectivity index (χ3v) is 8.22. The highest BCUT2D eigenvalue weighted by atomic mass is 19.1. The number of hydrogen-bond acceptors (Lipinski definition) is 3. The fourth-order valence-corrected chi connectivity index (χ4v) is 6.41. The zero-order valence-electron chi connectivity index (χ0n) is 21.8. The Morgan fingerprint density at radius 1 is 0.972 bits per heavy atom. The molecule has 1 saturated heterocycles. The summed E-state index contributed by atoms with van der Waals surface area (Å²) in [6, 6.07) is 18.0. The first-order valence-corrected chi connectivity index (χ1v) is 13.9. The lowest BCUT2D eigenvalue weighted by Gasteiger charge is -2.35. The second kappa shape index (κ2) is 11.6. The van der Waals surface area contributed by atoms with Gasteiger partial charge < -0.3 is 9.64 Å². The smallest absolute Gasteiger partial charge is 0.123 e. The van der Waals surface area contributed by atoms with Crippen molar-refractivity contribution < 1.29 is 9.13 Å². The number of ether oxygens (including phenoxy) is 1. The number of benzene rings is 2. The monoisotopic (exact) mass is 489 g/mol. The number of nitrogens with zero attached hydrogens (tertiary/aromatic N) is 3. The molecule has 36 heavy (non-hydrogen) atoms. The van der Waals surface area contributed by atoms with Gasteiger partial charge in [-0.2, -0.15) is 5.10 Å². The molecule has 0 spiro atoms. The maximum Gasteiger partial charge on any atom is 0.123 e. The molecule has 1 saturated carbocycles. The molecule has 4 nitrogen and oxygen atoms in total. The first-order chi connectivity index (χ1) is 17.6. The standard InChI is InChI=1S/C31H40FN3O/c1-3-35-31(21-28(33-35)19-23-11-13-29(14-12-23)36-4-2)24-15-17-34(18-16-24)22-26-8-6-10-30(26)25-7-5-9-27(32)20-25/h5,7,9,11-14,20-21,24,26,30H,3-4,6,8,10,15-19,22H2,1-2H3/t26?,30-/m1/s1. The zero-order valence-corrected chi connectivity index (χ0v) is 21.8. The summed E-state index contributed by atoms with van der Waals surface area (Å²) in [6.07, 6.45) is 6.94. The van der Waals surface area contributed by atoms with E-state index in [4.69, 9.17) is 9.84 Å². The van der Waals surface area contributed by atoms with E-state index in [1.165, 1.54) is 48.9 Å². The molecule has 1 aliphatic carbocycles. The summed E-state index contributed by atoms with van der Waals surface area (Å²) in [7, 11) is 0. The molecule has 2 fully saturated rings. The lowest BCUT2D eigenvalue weighted by atomic mass is 9.87. The van der Waals surface area contributed by atoms with Crippen molar-refractivity contribution in [2.75, 3.05) is 26.2 Å². The van der Waals surface area contributed by atoms with Gasteiger partial charge in [-0.3, -0.25) is 4.68 Å². The van der Waals surface area contributed by atoms with Gasteiger partial charge in [-0.15, -0.1) is 0 Å². The molecule has 0 radical (unpaired) electrons. The quantitative estimate of drug-likeness (QED) is 0.331. The molecule has 1 unspecified atom stereocenters. The average molecular weight is 490 g/mol. The Bertz CT molecular complexity index is 1120. The predicted octanol–water partition coefficient (Wildman–Crippen LogP) is 6.79. The maximum absolute atomic E-state index is 13.8. The van der Waals surface area contributed by atoms with Crippen LogP contribution >= 0.6 is 0 Å². The van der Waals surface area contributed by atoms with Crippen LogP contribution in [0.25, 0.3) is 0 Å². The van der Waals surface area contributed by atoms with Gasteiger partial charge in [-0.25, -0.2) is 4.39 Å². The van der Waals surface area contributed by atoms with Crippen LogP contribution in [0.1, 0.15) is 80.3 Å². The van der Waals surface area contributed by atoms with Crippen molar-refractivity contribution in [3.63, 3.8) is 0 Å². The number of rotatable bonds is 9. The number of aryl methyl sites for hydroxylation is 1. The molecule has 1 aliphatic heterocycles. The van der Waals surface area contributed by atoms with Gasteiger partial charge in [0.2, 0.25) is 0 Å². The largest absolute Gasteiger partial charge is 0.494 e. The third kappa shape index (κ3) is 5.83. The maximum atomic E-state index is 13.8. The molecule has 192 valence electrons. The number of piperidine rings is 1. The van der Waals surface area contributed by atoms with Crippen molar-refractivity contribution in [1.29, 1.82) is 0 Å². The van der Waals surface area contributed by atoms with E-state index < -0.39 is 0 Å². The Kier molecular flexibility index (Phi) is 8.05. The van der Waals surface area contributed by atoms with Crippen LogP contribution in [0.4, 0.5) is 4.39 Å². The van der Waals surface area contributed by atoms with Crippen LogP contribution in [0.15, 0.2) is 54.6 Å². The van der Waals surface area contributed by atoms with Crippen molar-refractivity contribution >= 4 is 0 Å². The lowest BCUT2D eigenvalue weighted by Crippen LogP contribution is -2.37. The Hall–Kier alpha value is -2.66. The fraction of sp³-hybridized carbons (Fsp3) is 0.516. The van der Waals surface area contributed by atoms with E-state index in [0.717, 1.165) is 44.0 Å². The fourth-order valence-electron chi connectivity index (χ4n) is 6.41. The summed E-state index contributed by atoms with van der Waals surface area (Å²) in [4.78, 5) is 2.66. The van der Waals surface area contributed by atoms with E-state index >= 15 is 0 Å². The summed E-state index contributed by atoms with van der Waals surface area (Å²) in [6.45, 7) is 9.23. The normalized spacial score (nSPS) is 21.2. The van der Waals surface area contributed by atoms with E-state index in [1.54, 1.807) is 12.1 Å². The molecular weight excluding hydrogens is 449 g/mol. The highest BCUT2D eigenvalue weighted by molar-refractivity contribution is 5.30. The highest BCUT2D eigenvalue weighted by Crippen LogP contribution is 2.41. The number of halogens is 1. The second-order valence-corrected chi connectivity index (χ2v) is 10.6. The molecule has 2 atom stereocenters. The minimum Gasteiger partial charge on any atom is -0.494 e. The second-order valence-electron chi connectivity index (χ2n) is 10.6. The average Bonchev–Trinajstić information content (AvgIpc) is 3.53. The first-order valence-electron chi connectivity index (χ1n) is 13.9. The van der Waals surface area contributed by atoms with E-state index in [1.807, 2.05) is 13.0 Å². The van der Waals surface area contributed by atoms with Gasteiger partial charge in [0, 0.05) is 31.1 Å². The van der Waals surface area contributed by atoms with Crippen LogP contribution in [0, 0.1) is 11.7 Å². The van der Waals surface area contributed by atoms with Crippen LogP contribution in [0.2, 0.25) is 0 Å². The Morgan fingerprint density at radius 3 is 2.50 bits per heavy atom. The van der Waals surface area contributed by atoms with Crippen LogP contribution in [0.3, 0.4) is 0 Å². The predicted molar refractivity (Wildman–Crippen MR) is 143 cm³/mol. The highest BCUT2D eigenvalue weighted by Gasteiger charge is 2.32. The topological polar surface area (TPSA) is 30.3 Å². The summed E-state index contributed by atoms with van der Waals surface area (Å²) in [5.74, 6) is 2.54. The summed E-state index contributed by atoms with van der Waals surface area (Å²) in [5.41, 5.74) is 5.02. The molecule has 1 aromatic heterocycles. The number of hydrogen-bond donors (Lipinski definition) is 0. The van der Waals surface area contributed by atoms with Gasteiger partial charge >= 0.3 is 0 Å². The molecule has 2 aliphatic rings. The van der Waals surface area contributed by atoms with E-state index in [9.17, 15) is 4.39 Å². The molecule has 2 aromatic carbocycles. The molecule has 5 heteroatoms. The molecule has 5 rings (SSSR count). The minimum atomic E-state index is -0.103. The molecule has 0 amide bonds. The Balaban J connectivity index is 1.18. The Morgan fingerprint density at radius 2 is 1.78 bits per heavy atom. The van der Waals surface area contributed by atoms with Gasteiger partial charge in [-0.1, -0.05) is 30.7 Å². The van der Waals surface area contributed by atoms with Crippen molar-refractivity contribution in [2.24, 2.45) is 5.92 Å². The van der Waals surface area contributed by atoms with Crippen molar-refractivity contribution in [1.82, 2.24) is 14.7 Å². The van der Waals surface area contributed by atoms with Crippen molar-refractivity contribution in [3.8, 4) is 5.75 Å². The van der Waals surface area contributed by atoms with E-state index in [-0.39, 0.29) is 5.82 Å². The third-order valence-electron chi connectivity index (χ3n) is 8.22. The molecule has 0 N–H and O–H groups in total. The molecule has 3 aromatic rings. The molecule has 2 heterocycles. The molecular formula is C31H40FN3O. The minimum absolute atomic E-state index is 0.103. The van der Waals surface area contributed by atoms with Gasteiger partial charge in [0.15, 0.2) is 0 Å². The summed E-state index contributed by atoms with van der Waals surface area (Å²) >= 11 is 0. The SMILES string of the molecule is CCOc1ccc(Cc2cc(C3CCN(CC4CCC[C@@H]4c4cccc(F)c4)CC3)n(CC)n2)cc1. The van der Waals surface area contributed by atoms with Crippen LogP contribution < -0.4 is 4.74 Å². The van der Waals surface area contributed by atoms with Gasteiger partial charge in [0.05, 0.1) is 12.3 Å². The number of aromatic nitrogens is 2. The number of likely N-dealkylation sites (tertiary alicyclic amines) is 1.